The molecule has 0 aromatic heterocycles. The molecular weight excluding hydrogens is 364 g/mol. The van der Waals surface area contributed by atoms with Crippen molar-refractivity contribution in [2.45, 2.75) is 38.5 Å². The average Bonchev–Trinajstić information content (AvgIpc) is 3.13. The number of anilines is 1. The zero-order chi connectivity index (χ0) is 20.1. The Hall–Kier alpha value is -1.92. The fraction of sp³-hybridized carbons (Fsp3) is 0.652. The van der Waals surface area contributed by atoms with Crippen molar-refractivity contribution in [2.24, 2.45) is 0 Å². The van der Waals surface area contributed by atoms with Crippen molar-refractivity contribution in [3.63, 3.8) is 0 Å². The van der Waals surface area contributed by atoms with Crippen LogP contribution in [0.25, 0.3) is 0 Å². The predicted octanol–water partition coefficient (Wildman–Crippen LogP) is 1.99. The Bertz CT molecular complexity index is 707. The highest BCUT2D eigenvalue weighted by Crippen LogP contribution is 2.27. The van der Waals surface area contributed by atoms with Gasteiger partial charge in [-0.05, 0) is 30.9 Å². The Kier molecular flexibility index (Phi) is 6.82. The second-order valence-electron chi connectivity index (χ2n) is 8.62. The van der Waals surface area contributed by atoms with Gasteiger partial charge in [0.25, 0.3) is 0 Å². The van der Waals surface area contributed by atoms with Gasteiger partial charge in [-0.2, -0.15) is 0 Å². The van der Waals surface area contributed by atoms with Gasteiger partial charge in [0.05, 0.1) is 13.1 Å². The lowest BCUT2D eigenvalue weighted by Gasteiger charge is -2.36. The number of para-hydroxylation sites is 1. The Labute approximate surface area is 174 Å². The summed E-state index contributed by atoms with van der Waals surface area (Å²) in [4.78, 5) is 34.0. The first-order valence-electron chi connectivity index (χ1n) is 11.3. The van der Waals surface area contributed by atoms with Crippen LogP contribution in [0.3, 0.4) is 0 Å². The van der Waals surface area contributed by atoms with Crippen LogP contribution in [-0.2, 0) is 16.0 Å². The van der Waals surface area contributed by atoms with Crippen LogP contribution >= 0.6 is 0 Å². The molecule has 1 aromatic rings. The monoisotopic (exact) mass is 398 g/mol. The lowest BCUT2D eigenvalue weighted by Crippen LogP contribution is -2.52. The van der Waals surface area contributed by atoms with Crippen molar-refractivity contribution in [3.05, 3.63) is 29.8 Å². The number of hydrogen-bond acceptors (Lipinski definition) is 4. The Morgan fingerprint density at radius 2 is 1.28 bits per heavy atom. The highest BCUT2D eigenvalue weighted by atomic mass is 16.2. The molecule has 0 atom stereocenters. The van der Waals surface area contributed by atoms with E-state index in [1.165, 1.54) is 24.8 Å². The van der Waals surface area contributed by atoms with E-state index in [-0.39, 0.29) is 11.8 Å². The molecule has 0 unspecified atom stereocenters. The first-order chi connectivity index (χ1) is 14.2. The Balaban J connectivity index is 1.21. The van der Waals surface area contributed by atoms with Crippen LogP contribution in [0.15, 0.2) is 24.3 Å². The van der Waals surface area contributed by atoms with Gasteiger partial charge in [0.15, 0.2) is 0 Å². The number of rotatable bonds is 4. The van der Waals surface area contributed by atoms with Gasteiger partial charge < -0.3 is 9.80 Å². The summed E-state index contributed by atoms with van der Waals surface area (Å²) < 4.78 is 0. The fourth-order valence-corrected chi connectivity index (χ4v) is 4.77. The smallest absolute Gasteiger partial charge is 0.241 e. The highest BCUT2D eigenvalue weighted by Gasteiger charge is 2.27. The Morgan fingerprint density at radius 1 is 0.690 bits per heavy atom. The molecule has 0 radical (unpaired) electrons. The molecule has 4 rings (SSSR count). The van der Waals surface area contributed by atoms with Gasteiger partial charge in [0.1, 0.15) is 0 Å². The van der Waals surface area contributed by atoms with Crippen LogP contribution in [-0.4, -0.2) is 85.4 Å². The highest BCUT2D eigenvalue weighted by molar-refractivity contribution is 5.96. The predicted molar refractivity (Wildman–Crippen MR) is 115 cm³/mol. The first kappa shape index (κ1) is 20.4. The molecule has 3 heterocycles. The molecule has 6 heteroatoms. The second kappa shape index (κ2) is 9.72. The summed E-state index contributed by atoms with van der Waals surface area (Å²) in [6.45, 7) is 7.08. The van der Waals surface area contributed by atoms with Gasteiger partial charge in [-0.1, -0.05) is 37.5 Å². The number of amides is 2. The van der Waals surface area contributed by atoms with Gasteiger partial charge in [-0.15, -0.1) is 0 Å². The Morgan fingerprint density at radius 3 is 1.97 bits per heavy atom. The third-order valence-electron chi connectivity index (χ3n) is 6.58. The van der Waals surface area contributed by atoms with Crippen LogP contribution in [0.4, 0.5) is 5.69 Å². The van der Waals surface area contributed by atoms with Gasteiger partial charge in [0.2, 0.25) is 11.8 Å². The number of carbonyl (C=O) groups is 2. The van der Waals surface area contributed by atoms with Crippen LogP contribution in [0.1, 0.15) is 37.7 Å². The molecule has 2 amide bonds. The number of carbonyl (C=O) groups excluding carboxylic acids is 2. The number of likely N-dealkylation sites (tertiary alicyclic amines) is 1. The molecule has 0 N–H and O–H groups in total. The van der Waals surface area contributed by atoms with E-state index in [1.807, 2.05) is 17.0 Å². The minimum atomic E-state index is 0.195. The summed E-state index contributed by atoms with van der Waals surface area (Å²) >= 11 is 0. The molecular formula is C23H34N4O2. The molecule has 1 aromatic carbocycles. The third-order valence-corrected chi connectivity index (χ3v) is 6.58. The lowest BCUT2D eigenvalue weighted by atomic mass is 10.1. The topological polar surface area (TPSA) is 47.1 Å². The largest absolute Gasteiger partial charge is 0.342 e. The normalized spacial score (nSPS) is 21.5. The molecule has 6 nitrogen and oxygen atoms in total. The standard InChI is InChI=1S/C23H34N4O2/c28-22(26-11-6-2-1-3-7-12-26)18-24-14-16-25(17-15-24)19-23(29)27-13-10-20-8-4-5-9-21(20)27/h4-5,8-9H,1-3,6-7,10-19H2. The quantitative estimate of drug-likeness (QED) is 0.778. The maximum atomic E-state index is 12.8. The van der Waals surface area contributed by atoms with Crippen LogP contribution in [0, 0.1) is 0 Å². The van der Waals surface area contributed by atoms with Crippen molar-refractivity contribution in [2.75, 3.05) is 63.8 Å². The third kappa shape index (κ3) is 5.17. The van der Waals surface area contributed by atoms with E-state index in [4.69, 9.17) is 0 Å². The van der Waals surface area contributed by atoms with E-state index >= 15 is 0 Å². The maximum Gasteiger partial charge on any atom is 0.241 e. The number of hydrogen-bond donors (Lipinski definition) is 0. The lowest BCUT2D eigenvalue weighted by molar-refractivity contribution is -0.133. The minimum absolute atomic E-state index is 0.195. The molecule has 29 heavy (non-hydrogen) atoms. The van der Waals surface area contributed by atoms with Crippen molar-refractivity contribution in [1.82, 2.24) is 14.7 Å². The van der Waals surface area contributed by atoms with Crippen LogP contribution < -0.4 is 4.90 Å². The molecule has 3 aliphatic heterocycles. The molecule has 2 fully saturated rings. The number of nitrogens with zero attached hydrogens (tertiary/aromatic N) is 4. The van der Waals surface area contributed by atoms with E-state index in [0.29, 0.717) is 13.1 Å². The SMILES string of the molecule is O=C(CN1CCN(CC(=O)N2CCc3ccccc32)CC1)N1CCCCCCC1. The summed E-state index contributed by atoms with van der Waals surface area (Å²) in [6.07, 6.45) is 7.04. The number of piperazine rings is 1. The first-order valence-corrected chi connectivity index (χ1v) is 11.3. The van der Waals surface area contributed by atoms with Gasteiger partial charge in [0, 0.05) is 51.5 Å². The van der Waals surface area contributed by atoms with Crippen molar-refractivity contribution in [3.8, 4) is 0 Å². The van der Waals surface area contributed by atoms with Crippen molar-refractivity contribution in [1.29, 1.82) is 0 Å². The van der Waals surface area contributed by atoms with E-state index < -0.39 is 0 Å². The van der Waals surface area contributed by atoms with Gasteiger partial charge >= 0.3 is 0 Å². The number of benzene rings is 1. The summed E-state index contributed by atoms with van der Waals surface area (Å²) in [7, 11) is 0. The zero-order valence-electron chi connectivity index (χ0n) is 17.5. The van der Waals surface area contributed by atoms with Crippen LogP contribution in [0.2, 0.25) is 0 Å². The maximum absolute atomic E-state index is 12.8. The average molecular weight is 399 g/mol. The second-order valence-corrected chi connectivity index (χ2v) is 8.62. The molecule has 0 bridgehead atoms. The summed E-state index contributed by atoms with van der Waals surface area (Å²) in [5.41, 5.74) is 2.35. The van der Waals surface area contributed by atoms with E-state index in [2.05, 4.69) is 26.8 Å². The molecule has 2 saturated heterocycles. The van der Waals surface area contributed by atoms with Crippen molar-refractivity contribution < 1.29 is 9.59 Å². The summed E-state index contributed by atoms with van der Waals surface area (Å²) in [5, 5.41) is 0. The summed E-state index contributed by atoms with van der Waals surface area (Å²) in [6, 6.07) is 8.21. The zero-order valence-corrected chi connectivity index (χ0v) is 17.5. The fourth-order valence-electron chi connectivity index (χ4n) is 4.77. The van der Waals surface area contributed by atoms with E-state index in [0.717, 1.165) is 70.8 Å². The van der Waals surface area contributed by atoms with Gasteiger partial charge in [-0.25, -0.2) is 0 Å². The minimum Gasteiger partial charge on any atom is -0.342 e. The summed E-state index contributed by atoms with van der Waals surface area (Å²) in [5.74, 6) is 0.477. The van der Waals surface area contributed by atoms with Crippen LogP contribution in [0.5, 0.6) is 0 Å². The number of fused-ring (bicyclic) bond motifs is 1. The van der Waals surface area contributed by atoms with E-state index in [1.54, 1.807) is 0 Å². The molecule has 0 spiro atoms. The molecule has 158 valence electrons. The van der Waals surface area contributed by atoms with E-state index in [9.17, 15) is 9.59 Å². The molecule has 0 saturated carbocycles. The molecule has 0 aliphatic carbocycles. The van der Waals surface area contributed by atoms with Gasteiger partial charge in [-0.3, -0.25) is 19.4 Å². The molecule has 3 aliphatic rings. The van der Waals surface area contributed by atoms with Crippen molar-refractivity contribution >= 4 is 17.5 Å².